The highest BCUT2D eigenvalue weighted by molar-refractivity contribution is 5.79. The van der Waals surface area contributed by atoms with Crippen LogP contribution in [0.3, 0.4) is 0 Å². The van der Waals surface area contributed by atoms with E-state index in [1.165, 1.54) is 6.42 Å². The number of piperidine rings is 2. The third-order valence-corrected chi connectivity index (χ3v) is 4.40. The molecule has 0 aliphatic carbocycles. The van der Waals surface area contributed by atoms with Crippen molar-refractivity contribution in [2.75, 3.05) is 19.6 Å². The minimum Gasteiger partial charge on any atom is -0.393 e. The highest BCUT2D eigenvalue weighted by Crippen LogP contribution is 2.23. The normalized spacial score (nSPS) is 31.6. The van der Waals surface area contributed by atoms with E-state index in [0.29, 0.717) is 18.6 Å². The van der Waals surface area contributed by atoms with Gasteiger partial charge < -0.3 is 10.0 Å². The maximum absolute atomic E-state index is 12.4. The van der Waals surface area contributed by atoms with E-state index in [9.17, 15) is 9.90 Å². The lowest BCUT2D eigenvalue weighted by Crippen LogP contribution is -2.52. The summed E-state index contributed by atoms with van der Waals surface area (Å²) in [7, 11) is 0. The number of carbonyl (C=O) groups is 1. The number of hydrogen-bond donors (Lipinski definition) is 1. The number of amides is 1. The maximum atomic E-state index is 12.4. The van der Waals surface area contributed by atoms with Crippen LogP contribution in [0.1, 0.15) is 46.0 Å². The molecule has 1 amide bonds. The highest BCUT2D eigenvalue weighted by Gasteiger charge is 2.30. The summed E-state index contributed by atoms with van der Waals surface area (Å²) >= 11 is 0. The smallest absolute Gasteiger partial charge is 0.237 e. The van der Waals surface area contributed by atoms with Crippen LogP contribution in [0.2, 0.25) is 0 Å². The molecule has 18 heavy (non-hydrogen) atoms. The van der Waals surface area contributed by atoms with Gasteiger partial charge in [0.2, 0.25) is 5.91 Å². The van der Waals surface area contributed by atoms with Crippen molar-refractivity contribution >= 4 is 5.91 Å². The van der Waals surface area contributed by atoms with Gasteiger partial charge in [-0.1, -0.05) is 0 Å². The lowest BCUT2D eigenvalue weighted by Gasteiger charge is -2.40. The standard InChI is InChI=1S/C14H26N2O2/c1-11-4-3-5-12(2)16(11)14(18)10-15-8-6-13(17)7-9-15/h11-13,17H,3-10H2,1-2H3. The van der Waals surface area contributed by atoms with Crippen molar-refractivity contribution in [2.24, 2.45) is 0 Å². The van der Waals surface area contributed by atoms with Gasteiger partial charge in [-0.05, 0) is 46.0 Å². The van der Waals surface area contributed by atoms with Crippen LogP contribution < -0.4 is 0 Å². The Morgan fingerprint density at radius 1 is 1.11 bits per heavy atom. The maximum Gasteiger partial charge on any atom is 0.237 e. The lowest BCUT2D eigenvalue weighted by atomic mass is 9.97. The van der Waals surface area contributed by atoms with Crippen molar-refractivity contribution in [1.82, 2.24) is 9.80 Å². The Bertz CT molecular complexity index is 278. The molecular formula is C14H26N2O2. The van der Waals surface area contributed by atoms with E-state index < -0.39 is 0 Å². The molecule has 0 aromatic carbocycles. The second-order valence-corrected chi connectivity index (χ2v) is 5.94. The summed E-state index contributed by atoms with van der Waals surface area (Å²) in [5.74, 6) is 0.270. The second-order valence-electron chi connectivity index (χ2n) is 5.94. The molecule has 0 aromatic heterocycles. The molecule has 104 valence electrons. The van der Waals surface area contributed by atoms with Crippen LogP contribution in [0.5, 0.6) is 0 Å². The van der Waals surface area contributed by atoms with Crippen molar-refractivity contribution in [3.8, 4) is 0 Å². The number of carbonyl (C=O) groups excluding carboxylic acids is 1. The van der Waals surface area contributed by atoms with E-state index in [0.717, 1.165) is 38.8 Å². The fraction of sp³-hybridized carbons (Fsp3) is 0.929. The molecule has 2 saturated heterocycles. The zero-order valence-electron chi connectivity index (χ0n) is 11.6. The van der Waals surface area contributed by atoms with Gasteiger partial charge in [0.25, 0.3) is 0 Å². The summed E-state index contributed by atoms with van der Waals surface area (Å²) in [5, 5.41) is 9.47. The Hall–Kier alpha value is -0.610. The SMILES string of the molecule is CC1CCCC(C)N1C(=O)CN1CCC(O)CC1. The summed E-state index contributed by atoms with van der Waals surface area (Å²) in [6.45, 7) is 6.55. The summed E-state index contributed by atoms with van der Waals surface area (Å²) < 4.78 is 0. The third-order valence-electron chi connectivity index (χ3n) is 4.40. The van der Waals surface area contributed by atoms with Crippen molar-refractivity contribution in [2.45, 2.75) is 64.1 Å². The molecule has 2 unspecified atom stereocenters. The number of likely N-dealkylation sites (tertiary alicyclic amines) is 2. The Morgan fingerprint density at radius 2 is 1.67 bits per heavy atom. The molecule has 4 heteroatoms. The Kier molecular flexibility index (Phi) is 4.62. The zero-order valence-corrected chi connectivity index (χ0v) is 11.6. The van der Waals surface area contributed by atoms with Gasteiger partial charge in [0.1, 0.15) is 0 Å². The van der Waals surface area contributed by atoms with Gasteiger partial charge in [0, 0.05) is 25.2 Å². The van der Waals surface area contributed by atoms with Gasteiger partial charge in [0.05, 0.1) is 12.6 Å². The van der Waals surface area contributed by atoms with Crippen molar-refractivity contribution in [1.29, 1.82) is 0 Å². The van der Waals surface area contributed by atoms with Gasteiger partial charge >= 0.3 is 0 Å². The molecule has 2 aliphatic heterocycles. The molecule has 0 bridgehead atoms. The largest absolute Gasteiger partial charge is 0.393 e. The van der Waals surface area contributed by atoms with E-state index >= 15 is 0 Å². The fourth-order valence-electron chi connectivity index (χ4n) is 3.26. The van der Waals surface area contributed by atoms with Crippen LogP contribution in [0.25, 0.3) is 0 Å². The van der Waals surface area contributed by atoms with Crippen LogP contribution in [0, 0.1) is 0 Å². The second kappa shape index (κ2) is 6.02. The van der Waals surface area contributed by atoms with Gasteiger partial charge in [-0.15, -0.1) is 0 Å². The predicted octanol–water partition coefficient (Wildman–Crippen LogP) is 1.23. The number of aliphatic hydroxyl groups excluding tert-OH is 1. The summed E-state index contributed by atoms with van der Waals surface area (Å²) in [4.78, 5) is 16.7. The fourth-order valence-corrected chi connectivity index (χ4v) is 3.26. The molecule has 4 nitrogen and oxygen atoms in total. The van der Waals surface area contributed by atoms with Gasteiger partial charge in [-0.25, -0.2) is 0 Å². The van der Waals surface area contributed by atoms with E-state index in [1.54, 1.807) is 0 Å². The molecule has 2 heterocycles. The Morgan fingerprint density at radius 3 is 2.22 bits per heavy atom. The molecule has 0 spiro atoms. The van der Waals surface area contributed by atoms with E-state index in [4.69, 9.17) is 0 Å². The molecule has 0 saturated carbocycles. The first-order valence-electron chi connectivity index (χ1n) is 7.29. The van der Waals surface area contributed by atoms with Crippen LogP contribution >= 0.6 is 0 Å². The topological polar surface area (TPSA) is 43.8 Å². The lowest BCUT2D eigenvalue weighted by molar-refractivity contribution is -0.139. The first-order valence-corrected chi connectivity index (χ1v) is 7.29. The Balaban J connectivity index is 1.86. The summed E-state index contributed by atoms with van der Waals surface area (Å²) in [5.41, 5.74) is 0. The number of aliphatic hydroxyl groups is 1. The van der Waals surface area contributed by atoms with E-state index in [2.05, 4.69) is 23.6 Å². The average molecular weight is 254 g/mol. The van der Waals surface area contributed by atoms with Crippen LogP contribution in [-0.4, -0.2) is 58.6 Å². The van der Waals surface area contributed by atoms with Gasteiger partial charge in [-0.2, -0.15) is 0 Å². The molecule has 2 atom stereocenters. The van der Waals surface area contributed by atoms with Crippen LogP contribution in [0.15, 0.2) is 0 Å². The first-order chi connectivity index (χ1) is 8.58. The number of hydrogen-bond acceptors (Lipinski definition) is 3. The molecular weight excluding hydrogens is 228 g/mol. The molecule has 1 N–H and O–H groups in total. The molecule has 0 aromatic rings. The third kappa shape index (κ3) is 3.23. The van der Waals surface area contributed by atoms with Crippen molar-refractivity contribution in [3.05, 3.63) is 0 Å². The molecule has 0 radical (unpaired) electrons. The Labute approximate surface area is 110 Å². The predicted molar refractivity (Wildman–Crippen MR) is 71.3 cm³/mol. The average Bonchev–Trinajstić information content (AvgIpc) is 2.32. The number of rotatable bonds is 2. The van der Waals surface area contributed by atoms with Gasteiger partial charge in [-0.3, -0.25) is 9.69 Å². The van der Waals surface area contributed by atoms with Gasteiger partial charge in [0.15, 0.2) is 0 Å². The zero-order chi connectivity index (χ0) is 13.1. The van der Waals surface area contributed by atoms with Crippen LogP contribution in [-0.2, 0) is 4.79 Å². The van der Waals surface area contributed by atoms with Crippen LogP contribution in [0.4, 0.5) is 0 Å². The van der Waals surface area contributed by atoms with Crippen molar-refractivity contribution in [3.63, 3.8) is 0 Å². The van der Waals surface area contributed by atoms with Crippen molar-refractivity contribution < 1.29 is 9.90 Å². The monoisotopic (exact) mass is 254 g/mol. The summed E-state index contributed by atoms with van der Waals surface area (Å²) in [6.07, 6.45) is 4.95. The van der Waals surface area contributed by atoms with E-state index in [-0.39, 0.29) is 12.0 Å². The molecule has 2 fully saturated rings. The highest BCUT2D eigenvalue weighted by atomic mass is 16.3. The minimum atomic E-state index is -0.163. The van der Waals surface area contributed by atoms with E-state index in [1.807, 2.05) is 0 Å². The first kappa shape index (κ1) is 13.8. The quantitative estimate of drug-likeness (QED) is 0.806. The minimum absolute atomic E-state index is 0.163. The molecule has 2 aliphatic rings. The summed E-state index contributed by atoms with van der Waals surface area (Å²) in [6, 6.07) is 0.772. The molecule has 2 rings (SSSR count). The number of nitrogens with zero attached hydrogens (tertiary/aromatic N) is 2.